The van der Waals surface area contributed by atoms with Gasteiger partial charge in [-0.15, -0.1) is 0 Å². The second-order valence-electron chi connectivity index (χ2n) is 3.80. The molecule has 1 heterocycles. The number of hydrogen-bond donors (Lipinski definition) is 1. The van der Waals surface area contributed by atoms with Gasteiger partial charge in [-0.2, -0.15) is 0 Å². The molecular weight excluding hydrogens is 206 g/mol. The predicted molar refractivity (Wildman–Crippen MR) is 60.2 cm³/mol. The zero-order valence-electron chi connectivity index (χ0n) is 9.01. The number of nitrogens with zero attached hydrogens (tertiary/aromatic N) is 1. The van der Waals surface area contributed by atoms with E-state index in [2.05, 4.69) is 4.99 Å². The fourth-order valence-electron chi connectivity index (χ4n) is 1.81. The molecule has 0 saturated carbocycles. The van der Waals surface area contributed by atoms with Crippen molar-refractivity contribution in [2.24, 2.45) is 4.99 Å². The zero-order valence-corrected chi connectivity index (χ0v) is 9.01. The summed E-state index contributed by atoms with van der Waals surface area (Å²) in [4.78, 5) is 14.9. The van der Waals surface area contributed by atoms with Crippen molar-refractivity contribution in [3.8, 4) is 0 Å². The summed E-state index contributed by atoms with van der Waals surface area (Å²) in [6.45, 7) is 1.65. The molecule has 0 aliphatic carbocycles. The molecule has 1 aliphatic rings. The van der Waals surface area contributed by atoms with Crippen LogP contribution in [0.1, 0.15) is 25.0 Å². The molecule has 0 saturated heterocycles. The Kier molecular flexibility index (Phi) is 3.01. The Morgan fingerprint density at radius 3 is 3.06 bits per heavy atom. The van der Waals surface area contributed by atoms with E-state index in [1.807, 2.05) is 31.2 Å². The van der Waals surface area contributed by atoms with E-state index in [1.54, 1.807) is 0 Å². The summed E-state index contributed by atoms with van der Waals surface area (Å²) in [6, 6.07) is 7.66. The first-order chi connectivity index (χ1) is 7.66. The van der Waals surface area contributed by atoms with Gasteiger partial charge < -0.3 is 9.84 Å². The molecule has 84 valence electrons. The summed E-state index contributed by atoms with van der Waals surface area (Å²) < 4.78 is 5.36. The summed E-state index contributed by atoms with van der Waals surface area (Å²) in [5.41, 5.74) is 2.81. The van der Waals surface area contributed by atoms with Crippen LogP contribution < -0.4 is 0 Å². The Hall–Kier alpha value is -1.68. The molecule has 2 rings (SSSR count). The average molecular weight is 219 g/mol. The Bertz CT molecular complexity index is 440. The van der Waals surface area contributed by atoms with Crippen LogP contribution in [-0.2, 0) is 9.53 Å². The van der Waals surface area contributed by atoms with Crippen LogP contribution in [0.4, 0.5) is 5.69 Å². The number of rotatable bonds is 3. The van der Waals surface area contributed by atoms with E-state index >= 15 is 0 Å². The van der Waals surface area contributed by atoms with E-state index in [0.29, 0.717) is 6.42 Å². The van der Waals surface area contributed by atoms with Gasteiger partial charge in [-0.25, -0.2) is 4.79 Å². The maximum atomic E-state index is 10.5. The molecule has 4 nitrogen and oxygen atoms in total. The van der Waals surface area contributed by atoms with Gasteiger partial charge in [0.05, 0.1) is 11.8 Å². The maximum absolute atomic E-state index is 10.5. The monoisotopic (exact) mass is 219 g/mol. The Labute approximate surface area is 93.6 Å². The number of hydrogen-bond acceptors (Lipinski definition) is 3. The van der Waals surface area contributed by atoms with Crippen molar-refractivity contribution >= 4 is 17.4 Å². The predicted octanol–water partition coefficient (Wildman–Crippen LogP) is 2.33. The van der Waals surface area contributed by atoms with Gasteiger partial charge in [-0.3, -0.25) is 4.99 Å². The van der Waals surface area contributed by atoms with Gasteiger partial charge in [0.25, 0.3) is 0 Å². The van der Waals surface area contributed by atoms with Crippen molar-refractivity contribution in [1.29, 1.82) is 0 Å². The number of aliphatic imine (C=N–C) groups is 1. The summed E-state index contributed by atoms with van der Waals surface area (Å²) in [6.07, 6.45) is 0.467. The molecule has 16 heavy (non-hydrogen) atoms. The fraction of sp³-hybridized carbons (Fsp3) is 0.333. The van der Waals surface area contributed by atoms with E-state index in [-0.39, 0.29) is 12.7 Å². The van der Waals surface area contributed by atoms with E-state index in [1.165, 1.54) is 0 Å². The topological polar surface area (TPSA) is 58.9 Å². The second kappa shape index (κ2) is 4.45. The van der Waals surface area contributed by atoms with E-state index in [0.717, 1.165) is 17.0 Å². The minimum Gasteiger partial charge on any atom is -0.480 e. The van der Waals surface area contributed by atoms with Gasteiger partial charge in [0, 0.05) is 17.7 Å². The van der Waals surface area contributed by atoms with Crippen LogP contribution >= 0.6 is 0 Å². The summed E-state index contributed by atoms with van der Waals surface area (Å²) >= 11 is 0. The maximum Gasteiger partial charge on any atom is 0.329 e. The Balaban J connectivity index is 2.22. The standard InChI is InChI=1S/C12H13NO3/c1-8-6-11(16-7-12(14)15)9-4-2-3-5-10(9)13-8/h2-5,11H,6-7H2,1H3,(H,14,15)/t11-/m0/s1. The molecule has 0 aromatic heterocycles. The van der Waals surface area contributed by atoms with E-state index < -0.39 is 5.97 Å². The molecule has 0 radical (unpaired) electrons. The van der Waals surface area contributed by atoms with Crippen LogP contribution in [-0.4, -0.2) is 23.4 Å². The highest BCUT2D eigenvalue weighted by atomic mass is 16.5. The number of carboxylic acid groups (broad SMARTS) is 1. The lowest BCUT2D eigenvalue weighted by Gasteiger charge is -2.23. The lowest BCUT2D eigenvalue weighted by molar-refractivity contribution is -0.144. The molecule has 0 unspecified atom stereocenters. The van der Waals surface area contributed by atoms with Crippen molar-refractivity contribution < 1.29 is 14.6 Å². The molecule has 0 spiro atoms. The first-order valence-electron chi connectivity index (χ1n) is 5.13. The van der Waals surface area contributed by atoms with Gasteiger partial charge in [0.2, 0.25) is 0 Å². The first kappa shape index (κ1) is 10.8. The fourth-order valence-corrected chi connectivity index (χ4v) is 1.81. The van der Waals surface area contributed by atoms with Crippen molar-refractivity contribution in [3.63, 3.8) is 0 Å². The Morgan fingerprint density at radius 1 is 1.56 bits per heavy atom. The molecule has 1 aromatic carbocycles. The highest BCUT2D eigenvalue weighted by molar-refractivity contribution is 5.87. The third-order valence-electron chi connectivity index (χ3n) is 2.48. The van der Waals surface area contributed by atoms with Crippen LogP contribution in [0.25, 0.3) is 0 Å². The molecule has 1 aromatic rings. The van der Waals surface area contributed by atoms with Crippen molar-refractivity contribution in [1.82, 2.24) is 0 Å². The lowest BCUT2D eigenvalue weighted by Crippen LogP contribution is -2.16. The highest BCUT2D eigenvalue weighted by Gasteiger charge is 2.21. The molecule has 1 aliphatic heterocycles. The summed E-state index contributed by atoms with van der Waals surface area (Å²) in [5.74, 6) is -0.947. The van der Waals surface area contributed by atoms with E-state index in [9.17, 15) is 4.79 Å². The summed E-state index contributed by atoms with van der Waals surface area (Å²) in [5, 5.41) is 8.60. The van der Waals surface area contributed by atoms with Gasteiger partial charge in [-0.1, -0.05) is 18.2 Å². The smallest absolute Gasteiger partial charge is 0.329 e. The third-order valence-corrected chi connectivity index (χ3v) is 2.48. The van der Waals surface area contributed by atoms with Crippen LogP contribution in [0, 0.1) is 0 Å². The van der Waals surface area contributed by atoms with Gasteiger partial charge in [0.15, 0.2) is 0 Å². The third kappa shape index (κ3) is 2.28. The molecule has 1 atom stereocenters. The van der Waals surface area contributed by atoms with Crippen LogP contribution in [0.15, 0.2) is 29.3 Å². The average Bonchev–Trinajstić information content (AvgIpc) is 2.25. The highest BCUT2D eigenvalue weighted by Crippen LogP contribution is 2.34. The number of benzene rings is 1. The number of ether oxygens (including phenoxy) is 1. The molecule has 0 bridgehead atoms. The minimum absolute atomic E-state index is 0.190. The van der Waals surface area contributed by atoms with Crippen LogP contribution in [0.5, 0.6) is 0 Å². The SMILES string of the molecule is CC1=Nc2ccccc2[C@@H](OCC(=O)O)C1. The molecular formula is C12H13NO3. The number of carbonyl (C=O) groups is 1. The van der Waals surface area contributed by atoms with Crippen LogP contribution in [0.2, 0.25) is 0 Å². The van der Waals surface area contributed by atoms with Gasteiger partial charge in [-0.05, 0) is 13.0 Å². The van der Waals surface area contributed by atoms with Crippen molar-refractivity contribution in [3.05, 3.63) is 29.8 Å². The summed E-state index contributed by atoms with van der Waals surface area (Å²) in [7, 11) is 0. The van der Waals surface area contributed by atoms with Crippen molar-refractivity contribution in [2.75, 3.05) is 6.61 Å². The van der Waals surface area contributed by atoms with Crippen LogP contribution in [0.3, 0.4) is 0 Å². The number of para-hydroxylation sites is 1. The zero-order chi connectivity index (χ0) is 11.5. The minimum atomic E-state index is -0.947. The first-order valence-corrected chi connectivity index (χ1v) is 5.13. The quantitative estimate of drug-likeness (QED) is 0.848. The van der Waals surface area contributed by atoms with Gasteiger partial charge >= 0.3 is 5.97 Å². The molecule has 0 fully saturated rings. The number of fused-ring (bicyclic) bond motifs is 1. The normalized spacial score (nSPS) is 18.8. The number of aliphatic carboxylic acids is 1. The molecule has 1 N–H and O–H groups in total. The van der Waals surface area contributed by atoms with E-state index in [4.69, 9.17) is 9.84 Å². The second-order valence-corrected chi connectivity index (χ2v) is 3.80. The van der Waals surface area contributed by atoms with Crippen molar-refractivity contribution in [2.45, 2.75) is 19.4 Å². The number of carboxylic acids is 1. The van der Waals surface area contributed by atoms with Gasteiger partial charge in [0.1, 0.15) is 6.61 Å². The lowest BCUT2D eigenvalue weighted by atomic mass is 9.99. The largest absolute Gasteiger partial charge is 0.480 e. The molecule has 4 heteroatoms. The molecule has 0 amide bonds. The Morgan fingerprint density at radius 2 is 2.31 bits per heavy atom.